The largest absolute Gasteiger partial charge is 0.356 e. The van der Waals surface area contributed by atoms with E-state index >= 15 is 0 Å². The second-order valence-corrected chi connectivity index (χ2v) is 14.1. The van der Waals surface area contributed by atoms with Crippen LogP contribution in [0.15, 0.2) is 72.2 Å². The monoisotopic (exact) mass is 691 g/mol. The van der Waals surface area contributed by atoms with E-state index in [1.807, 2.05) is 30.6 Å². The van der Waals surface area contributed by atoms with E-state index in [0.29, 0.717) is 42.4 Å². The second kappa shape index (κ2) is 16.2. The number of aromatic amines is 1. The van der Waals surface area contributed by atoms with E-state index in [9.17, 15) is 14.4 Å². The normalized spacial score (nSPS) is 15.2. The Kier molecular flexibility index (Phi) is 11.3. The van der Waals surface area contributed by atoms with E-state index in [-0.39, 0.29) is 23.6 Å². The highest BCUT2D eigenvalue weighted by atomic mass is 32.1. The molecule has 4 N–H and O–H groups in total. The molecule has 3 amide bonds. The number of carbonyl (C=O) groups excluding carboxylic acids is 3. The van der Waals surface area contributed by atoms with Crippen LogP contribution < -0.4 is 16.0 Å². The van der Waals surface area contributed by atoms with Gasteiger partial charge in [-0.05, 0) is 106 Å². The number of rotatable bonds is 14. The molecule has 0 spiro atoms. The van der Waals surface area contributed by atoms with Crippen molar-refractivity contribution in [2.75, 3.05) is 25.0 Å². The lowest BCUT2D eigenvalue weighted by Gasteiger charge is -2.19. The Morgan fingerprint density at radius 2 is 1.68 bits per heavy atom. The molecule has 1 fully saturated rings. The number of nitrogens with zero attached hydrogens (tertiary/aromatic N) is 3. The number of nitrogens with one attached hydrogen (secondary N) is 4. The van der Waals surface area contributed by atoms with E-state index in [2.05, 4.69) is 68.9 Å². The SMILES string of the molecule is Cc1ncsc1-c1ccc([C@@H](C)CC(=O)NCCCCNC(=O)c2ccc(C(=O)Nc3ccc4[nH]c(CN5CCC[C@@H]5C)nc4c3)cc2)cc1. The fraction of sp³-hybridized carbons (Fsp3) is 0.359. The summed E-state index contributed by atoms with van der Waals surface area (Å²) in [6.45, 7) is 9.26. The predicted octanol–water partition coefficient (Wildman–Crippen LogP) is 7.05. The van der Waals surface area contributed by atoms with Gasteiger partial charge in [-0.15, -0.1) is 11.3 Å². The van der Waals surface area contributed by atoms with Crippen molar-refractivity contribution in [3.63, 3.8) is 0 Å². The van der Waals surface area contributed by atoms with Crippen LogP contribution in [-0.4, -0.2) is 63.2 Å². The van der Waals surface area contributed by atoms with Gasteiger partial charge >= 0.3 is 0 Å². The molecule has 3 aromatic carbocycles. The maximum absolute atomic E-state index is 12.9. The summed E-state index contributed by atoms with van der Waals surface area (Å²) in [4.78, 5) is 54.2. The summed E-state index contributed by atoms with van der Waals surface area (Å²) in [6.07, 6.45) is 4.35. The molecule has 1 aliphatic rings. The van der Waals surface area contributed by atoms with Crippen molar-refractivity contribution in [3.05, 3.63) is 100 Å². The molecule has 6 rings (SSSR count). The van der Waals surface area contributed by atoms with Crippen LogP contribution in [0.2, 0.25) is 0 Å². The van der Waals surface area contributed by atoms with Crippen molar-refractivity contribution in [3.8, 4) is 10.4 Å². The number of aryl methyl sites for hydroxylation is 1. The third kappa shape index (κ3) is 8.83. The van der Waals surface area contributed by atoms with Gasteiger partial charge in [-0.1, -0.05) is 31.2 Å². The standard InChI is InChI=1S/C39H45N7O3S/c1-25(28-8-10-29(11-9-28)37-27(3)42-24-50-37)21-36(47)40-18-4-5-19-41-38(48)30-12-14-31(15-13-30)39(49)43-32-16-17-33-34(22-32)45-35(44-33)23-46-20-6-7-26(46)2/h8-17,22,24-26H,4-7,18-21,23H2,1-3H3,(H,40,47)(H,41,48)(H,43,49)(H,44,45)/t25-,26-/m0/s1. The molecule has 3 heterocycles. The average molecular weight is 692 g/mol. The summed E-state index contributed by atoms with van der Waals surface area (Å²) in [5.41, 5.74) is 8.52. The number of hydrogen-bond donors (Lipinski definition) is 4. The van der Waals surface area contributed by atoms with Crippen LogP contribution in [0.5, 0.6) is 0 Å². The van der Waals surface area contributed by atoms with Crippen LogP contribution in [0, 0.1) is 6.92 Å². The van der Waals surface area contributed by atoms with Crippen LogP contribution in [0.3, 0.4) is 0 Å². The van der Waals surface area contributed by atoms with Crippen molar-refractivity contribution in [2.45, 2.75) is 71.4 Å². The van der Waals surface area contributed by atoms with Gasteiger partial charge in [0, 0.05) is 42.4 Å². The number of carbonyl (C=O) groups is 3. The summed E-state index contributed by atoms with van der Waals surface area (Å²) in [5.74, 6) is 0.603. The molecule has 2 aromatic heterocycles. The number of fused-ring (bicyclic) bond motifs is 1. The van der Waals surface area contributed by atoms with Crippen LogP contribution in [0.4, 0.5) is 5.69 Å². The topological polar surface area (TPSA) is 132 Å². The smallest absolute Gasteiger partial charge is 0.255 e. The molecule has 11 heteroatoms. The number of H-pyrrole nitrogens is 1. The Labute approximate surface area is 297 Å². The van der Waals surface area contributed by atoms with Crippen molar-refractivity contribution in [1.29, 1.82) is 0 Å². The fourth-order valence-corrected chi connectivity index (χ4v) is 7.21. The molecule has 5 aromatic rings. The lowest BCUT2D eigenvalue weighted by molar-refractivity contribution is -0.121. The number of likely N-dealkylation sites (tertiary alicyclic amines) is 1. The fourth-order valence-electron chi connectivity index (χ4n) is 6.40. The summed E-state index contributed by atoms with van der Waals surface area (Å²) in [6, 6.07) is 21.2. The van der Waals surface area contributed by atoms with E-state index in [1.54, 1.807) is 35.6 Å². The van der Waals surface area contributed by atoms with Gasteiger partial charge in [-0.3, -0.25) is 19.3 Å². The summed E-state index contributed by atoms with van der Waals surface area (Å²) in [5, 5.41) is 8.86. The molecule has 0 unspecified atom stereocenters. The van der Waals surface area contributed by atoms with E-state index < -0.39 is 0 Å². The van der Waals surface area contributed by atoms with Gasteiger partial charge < -0.3 is 20.9 Å². The van der Waals surface area contributed by atoms with Crippen LogP contribution in [0.25, 0.3) is 21.5 Å². The Hall–Kier alpha value is -4.87. The van der Waals surface area contributed by atoms with Crippen LogP contribution in [0.1, 0.15) is 89.7 Å². The van der Waals surface area contributed by atoms with Gasteiger partial charge in [0.25, 0.3) is 11.8 Å². The van der Waals surface area contributed by atoms with Gasteiger partial charge in [-0.25, -0.2) is 9.97 Å². The number of unbranched alkanes of at least 4 members (excludes halogenated alkanes) is 1. The van der Waals surface area contributed by atoms with Crippen LogP contribution >= 0.6 is 11.3 Å². The predicted molar refractivity (Wildman–Crippen MR) is 199 cm³/mol. The number of aromatic nitrogens is 3. The molecule has 0 aliphatic carbocycles. The first-order valence-corrected chi connectivity index (χ1v) is 18.3. The summed E-state index contributed by atoms with van der Waals surface area (Å²) >= 11 is 1.63. The minimum absolute atomic E-state index is 0.0199. The minimum atomic E-state index is -0.255. The molecule has 0 radical (unpaired) electrons. The number of imidazole rings is 1. The molecule has 0 bridgehead atoms. The number of hydrogen-bond acceptors (Lipinski definition) is 7. The van der Waals surface area contributed by atoms with Gasteiger partial charge in [0.05, 0.1) is 33.7 Å². The Bertz CT molecular complexity index is 1930. The third-order valence-corrected chi connectivity index (χ3v) is 10.4. The van der Waals surface area contributed by atoms with Crippen molar-refractivity contribution >= 4 is 45.8 Å². The Morgan fingerprint density at radius 3 is 2.36 bits per heavy atom. The highest BCUT2D eigenvalue weighted by molar-refractivity contribution is 7.13. The first-order valence-electron chi connectivity index (χ1n) is 17.4. The van der Waals surface area contributed by atoms with Crippen molar-refractivity contribution < 1.29 is 14.4 Å². The van der Waals surface area contributed by atoms with E-state index in [1.165, 1.54) is 17.7 Å². The lowest BCUT2D eigenvalue weighted by Crippen LogP contribution is -2.28. The molecule has 1 aliphatic heterocycles. The Morgan fingerprint density at radius 1 is 0.960 bits per heavy atom. The van der Waals surface area contributed by atoms with Crippen molar-refractivity contribution in [2.24, 2.45) is 0 Å². The zero-order valence-electron chi connectivity index (χ0n) is 28.9. The lowest BCUT2D eigenvalue weighted by atomic mass is 9.96. The summed E-state index contributed by atoms with van der Waals surface area (Å²) < 4.78 is 0. The molecular formula is C39H45N7O3S. The highest BCUT2D eigenvalue weighted by Crippen LogP contribution is 2.29. The van der Waals surface area contributed by atoms with Gasteiger partial charge in [0.1, 0.15) is 5.82 Å². The summed E-state index contributed by atoms with van der Waals surface area (Å²) in [7, 11) is 0. The second-order valence-electron chi connectivity index (χ2n) is 13.2. The third-order valence-electron chi connectivity index (χ3n) is 9.43. The maximum atomic E-state index is 12.9. The number of thiazole rings is 1. The number of anilines is 1. The molecule has 10 nitrogen and oxygen atoms in total. The average Bonchev–Trinajstić information content (AvgIpc) is 3.85. The van der Waals surface area contributed by atoms with E-state index in [4.69, 9.17) is 4.98 Å². The molecule has 260 valence electrons. The van der Waals surface area contributed by atoms with Crippen LogP contribution in [-0.2, 0) is 11.3 Å². The number of benzene rings is 3. The Balaban J connectivity index is 0.880. The van der Waals surface area contributed by atoms with Gasteiger partial charge in [0.2, 0.25) is 5.91 Å². The number of amides is 3. The molecular weight excluding hydrogens is 647 g/mol. The van der Waals surface area contributed by atoms with Gasteiger partial charge in [-0.2, -0.15) is 0 Å². The molecule has 50 heavy (non-hydrogen) atoms. The van der Waals surface area contributed by atoms with Gasteiger partial charge in [0.15, 0.2) is 0 Å². The molecule has 1 saturated heterocycles. The minimum Gasteiger partial charge on any atom is -0.356 e. The van der Waals surface area contributed by atoms with E-state index in [0.717, 1.165) is 59.6 Å². The first kappa shape index (κ1) is 35.0. The molecule has 2 atom stereocenters. The van der Waals surface area contributed by atoms with Crippen molar-refractivity contribution in [1.82, 2.24) is 30.5 Å². The zero-order valence-corrected chi connectivity index (χ0v) is 29.7. The highest BCUT2D eigenvalue weighted by Gasteiger charge is 2.21. The molecule has 0 saturated carbocycles. The first-order chi connectivity index (χ1) is 24.2. The zero-order chi connectivity index (χ0) is 35.0. The quantitative estimate of drug-likeness (QED) is 0.0923. The maximum Gasteiger partial charge on any atom is 0.255 e.